The second kappa shape index (κ2) is 10.5. The van der Waals surface area contributed by atoms with Crippen molar-refractivity contribution >= 4 is 23.2 Å². The highest BCUT2D eigenvalue weighted by molar-refractivity contribution is 6.07. The summed E-state index contributed by atoms with van der Waals surface area (Å²) in [6, 6.07) is 24.6. The largest absolute Gasteiger partial charge is 0.497 e. The standard InChI is InChI=1S/C36H40N2O4/c1-41-29-17-13-27(14-18-29)37-31(35(33(37)39)21-5-3-6-22-35)25-9-11-26(12-10-25)32-36(23-7-4-8-24-36)34(40)38(32)28-15-19-30(42-2)20-16-28/h9-20,31-32H,3-8,21-24H2,1-2H3. The van der Waals surface area contributed by atoms with Gasteiger partial charge in [0.05, 0.1) is 37.1 Å². The van der Waals surface area contributed by atoms with Crippen molar-refractivity contribution in [2.24, 2.45) is 10.8 Å². The van der Waals surface area contributed by atoms with Crippen LogP contribution in [0.3, 0.4) is 0 Å². The number of hydrogen-bond acceptors (Lipinski definition) is 4. The molecule has 2 unspecified atom stereocenters. The number of amides is 2. The Balaban J connectivity index is 1.24. The lowest BCUT2D eigenvalue weighted by Crippen LogP contribution is -2.64. The number of rotatable bonds is 6. The topological polar surface area (TPSA) is 59.1 Å². The van der Waals surface area contributed by atoms with Crippen LogP contribution in [0, 0.1) is 10.8 Å². The monoisotopic (exact) mass is 564 g/mol. The molecule has 6 heteroatoms. The Kier molecular flexibility index (Phi) is 6.75. The number of nitrogens with zero attached hydrogens (tertiary/aromatic N) is 2. The van der Waals surface area contributed by atoms with Gasteiger partial charge in [-0.3, -0.25) is 9.59 Å². The molecule has 0 radical (unpaired) electrons. The van der Waals surface area contributed by atoms with Crippen LogP contribution in [0.4, 0.5) is 11.4 Å². The Labute approximate surface area is 248 Å². The maximum absolute atomic E-state index is 13.8. The van der Waals surface area contributed by atoms with Gasteiger partial charge in [0.25, 0.3) is 0 Å². The molecule has 2 aliphatic heterocycles. The van der Waals surface area contributed by atoms with Crippen LogP contribution < -0.4 is 19.3 Å². The van der Waals surface area contributed by atoms with E-state index in [9.17, 15) is 9.59 Å². The zero-order valence-electron chi connectivity index (χ0n) is 24.7. The third kappa shape index (κ3) is 3.98. The average Bonchev–Trinajstić information content (AvgIpc) is 3.06. The van der Waals surface area contributed by atoms with Gasteiger partial charge in [0.2, 0.25) is 11.8 Å². The fraction of sp³-hybridized carbons (Fsp3) is 0.444. The van der Waals surface area contributed by atoms with E-state index in [-0.39, 0.29) is 34.7 Å². The van der Waals surface area contributed by atoms with Crippen LogP contribution in [0.25, 0.3) is 0 Å². The van der Waals surface area contributed by atoms with E-state index in [4.69, 9.17) is 9.47 Å². The van der Waals surface area contributed by atoms with Crippen molar-refractivity contribution in [3.05, 3.63) is 83.9 Å². The third-order valence-electron chi connectivity index (χ3n) is 10.6. The minimum absolute atomic E-state index is 0.0112. The quantitative estimate of drug-likeness (QED) is 0.287. The SMILES string of the molecule is COc1ccc(N2C(=O)C3(CCCCC3)C2c2ccc(C3N(c4ccc(OC)cc4)C(=O)C34CCCCC4)cc2)cc1. The number of hydrogen-bond donors (Lipinski definition) is 0. The van der Waals surface area contributed by atoms with E-state index >= 15 is 0 Å². The van der Waals surface area contributed by atoms with Gasteiger partial charge in [-0.2, -0.15) is 0 Å². The van der Waals surface area contributed by atoms with Crippen molar-refractivity contribution in [1.29, 1.82) is 0 Å². The Hall–Kier alpha value is -3.80. The van der Waals surface area contributed by atoms with Gasteiger partial charge >= 0.3 is 0 Å². The summed E-state index contributed by atoms with van der Waals surface area (Å²) in [6.07, 6.45) is 10.5. The molecule has 218 valence electrons. The Bertz CT molecular complexity index is 1340. The molecule has 4 aliphatic rings. The van der Waals surface area contributed by atoms with Crippen molar-refractivity contribution < 1.29 is 19.1 Å². The number of carbonyl (C=O) groups is 2. The second-order valence-corrected chi connectivity index (χ2v) is 12.7. The van der Waals surface area contributed by atoms with Crippen molar-refractivity contribution in [2.75, 3.05) is 24.0 Å². The van der Waals surface area contributed by atoms with E-state index in [0.717, 1.165) is 74.2 Å². The molecule has 0 aromatic heterocycles. The van der Waals surface area contributed by atoms with Gasteiger partial charge in [-0.25, -0.2) is 0 Å². The molecule has 6 nitrogen and oxygen atoms in total. The summed E-state index contributed by atoms with van der Waals surface area (Å²) in [6.45, 7) is 0. The molecule has 4 fully saturated rings. The number of benzene rings is 3. The first-order valence-corrected chi connectivity index (χ1v) is 15.6. The maximum atomic E-state index is 13.8. The summed E-state index contributed by atoms with van der Waals surface area (Å²) in [5, 5.41) is 0. The van der Waals surface area contributed by atoms with Crippen molar-refractivity contribution in [1.82, 2.24) is 0 Å². The van der Waals surface area contributed by atoms with Crippen LogP contribution in [0.15, 0.2) is 72.8 Å². The molecule has 2 saturated carbocycles. The minimum atomic E-state index is -0.328. The molecule has 2 atom stereocenters. The number of carbonyl (C=O) groups excluding carboxylic acids is 2. The number of ether oxygens (including phenoxy) is 2. The smallest absolute Gasteiger partial charge is 0.236 e. The Morgan fingerprint density at radius 2 is 0.857 bits per heavy atom. The maximum Gasteiger partial charge on any atom is 0.236 e. The molecule has 3 aromatic rings. The van der Waals surface area contributed by atoms with Crippen LogP contribution >= 0.6 is 0 Å². The summed E-state index contributed by atoms with van der Waals surface area (Å²) >= 11 is 0. The lowest BCUT2D eigenvalue weighted by Gasteiger charge is -2.59. The van der Waals surface area contributed by atoms with Crippen LogP contribution in [-0.2, 0) is 9.59 Å². The highest BCUT2D eigenvalue weighted by Crippen LogP contribution is 2.61. The Morgan fingerprint density at radius 1 is 0.524 bits per heavy atom. The summed E-state index contributed by atoms with van der Waals surface area (Å²) in [5.74, 6) is 2.07. The van der Waals surface area contributed by atoms with Crippen LogP contribution in [0.5, 0.6) is 11.5 Å². The summed E-state index contributed by atoms with van der Waals surface area (Å²) in [5.41, 5.74) is 3.54. The van der Waals surface area contributed by atoms with Crippen LogP contribution in [-0.4, -0.2) is 26.0 Å². The summed E-state index contributed by atoms with van der Waals surface area (Å²) in [7, 11) is 3.32. The lowest BCUT2D eigenvalue weighted by molar-refractivity contribution is -0.144. The molecule has 7 rings (SSSR count). The lowest BCUT2D eigenvalue weighted by atomic mass is 9.59. The van der Waals surface area contributed by atoms with Gasteiger partial charge in [-0.1, -0.05) is 62.8 Å². The molecule has 2 spiro atoms. The second-order valence-electron chi connectivity index (χ2n) is 12.7. The normalized spacial score (nSPS) is 24.3. The molecule has 2 amide bonds. The molecular weight excluding hydrogens is 524 g/mol. The van der Waals surface area contributed by atoms with Gasteiger partial charge in [0.1, 0.15) is 11.5 Å². The minimum Gasteiger partial charge on any atom is -0.497 e. The van der Waals surface area contributed by atoms with Crippen LogP contribution in [0.1, 0.15) is 87.4 Å². The fourth-order valence-corrected chi connectivity index (χ4v) is 8.47. The zero-order chi connectivity index (χ0) is 28.9. The van der Waals surface area contributed by atoms with Gasteiger partial charge < -0.3 is 19.3 Å². The number of methoxy groups -OCH3 is 2. The predicted molar refractivity (Wildman–Crippen MR) is 164 cm³/mol. The van der Waals surface area contributed by atoms with E-state index in [0.29, 0.717) is 0 Å². The molecular formula is C36H40N2O4. The average molecular weight is 565 g/mol. The molecule has 0 bridgehead atoms. The number of β-lactam (4-membered cyclic amide) rings is 2. The van der Waals surface area contributed by atoms with E-state index in [1.165, 1.54) is 24.0 Å². The third-order valence-corrected chi connectivity index (χ3v) is 10.6. The summed E-state index contributed by atoms with van der Waals surface area (Å²) in [4.78, 5) is 31.7. The molecule has 2 aliphatic carbocycles. The van der Waals surface area contributed by atoms with Gasteiger partial charge in [0, 0.05) is 11.4 Å². The number of anilines is 2. The van der Waals surface area contributed by atoms with Gasteiger partial charge in [-0.05, 0) is 85.3 Å². The predicted octanol–water partition coefficient (Wildman–Crippen LogP) is 7.78. The molecule has 0 N–H and O–H groups in total. The van der Waals surface area contributed by atoms with E-state index < -0.39 is 0 Å². The van der Waals surface area contributed by atoms with Gasteiger partial charge in [0.15, 0.2) is 0 Å². The molecule has 42 heavy (non-hydrogen) atoms. The molecule has 3 aromatic carbocycles. The van der Waals surface area contributed by atoms with E-state index in [2.05, 4.69) is 24.3 Å². The zero-order valence-corrected chi connectivity index (χ0v) is 24.7. The first-order valence-electron chi connectivity index (χ1n) is 15.6. The highest BCUT2D eigenvalue weighted by Gasteiger charge is 2.62. The summed E-state index contributed by atoms with van der Waals surface area (Å²) < 4.78 is 10.7. The fourth-order valence-electron chi connectivity index (χ4n) is 8.47. The first kappa shape index (κ1) is 27.1. The van der Waals surface area contributed by atoms with E-state index in [1.807, 2.05) is 58.3 Å². The van der Waals surface area contributed by atoms with Gasteiger partial charge in [-0.15, -0.1) is 0 Å². The first-order chi connectivity index (χ1) is 20.5. The van der Waals surface area contributed by atoms with Crippen molar-refractivity contribution in [3.8, 4) is 11.5 Å². The molecule has 2 heterocycles. The van der Waals surface area contributed by atoms with Crippen molar-refractivity contribution in [2.45, 2.75) is 76.3 Å². The molecule has 2 saturated heterocycles. The van der Waals surface area contributed by atoms with Crippen LogP contribution in [0.2, 0.25) is 0 Å². The highest BCUT2D eigenvalue weighted by atomic mass is 16.5. The Morgan fingerprint density at radius 3 is 1.17 bits per heavy atom. The van der Waals surface area contributed by atoms with E-state index in [1.54, 1.807) is 14.2 Å². The van der Waals surface area contributed by atoms with Crippen molar-refractivity contribution in [3.63, 3.8) is 0 Å².